The van der Waals surface area contributed by atoms with Crippen LogP contribution < -0.4 is 16.5 Å². The Kier molecular flexibility index (Phi) is 3.98. The van der Waals surface area contributed by atoms with Crippen LogP contribution in [0.2, 0.25) is 0 Å². The first-order chi connectivity index (χ1) is 9.79. The van der Waals surface area contributed by atoms with Crippen LogP contribution in [0.1, 0.15) is 20.8 Å². The van der Waals surface area contributed by atoms with Crippen molar-refractivity contribution >= 4 is 30.6 Å². The molecule has 0 unspecified atom stereocenters. The van der Waals surface area contributed by atoms with Crippen LogP contribution in [-0.4, -0.2) is 23.7 Å². The molecule has 0 saturated carbocycles. The summed E-state index contributed by atoms with van der Waals surface area (Å²) in [6.45, 7) is 5.56. The zero-order chi connectivity index (χ0) is 15.6. The van der Waals surface area contributed by atoms with Crippen LogP contribution in [0.25, 0.3) is 11.4 Å². The lowest BCUT2D eigenvalue weighted by atomic mass is 9.91. The second-order valence-corrected chi connectivity index (χ2v) is 6.05. The minimum Gasteiger partial charge on any atom is -0.397 e. The highest BCUT2D eigenvalue weighted by molar-refractivity contribution is 6.33. The van der Waals surface area contributed by atoms with Gasteiger partial charge in [0, 0.05) is 23.4 Å². The maximum atomic E-state index is 12.2. The predicted octanol–water partition coefficient (Wildman–Crippen LogP) is 0.969. The number of carbonyl (C=O) groups is 1. The van der Waals surface area contributed by atoms with Gasteiger partial charge in [0.05, 0.1) is 11.4 Å². The molecule has 5 nitrogen and oxygen atoms in total. The lowest BCUT2D eigenvalue weighted by Gasteiger charge is -2.20. The number of nitrogens with one attached hydrogen (secondary N) is 1. The Bertz CT molecular complexity index is 665. The molecule has 0 fully saturated rings. The summed E-state index contributed by atoms with van der Waals surface area (Å²) < 4.78 is 0. The zero-order valence-electron chi connectivity index (χ0n) is 12.8. The summed E-state index contributed by atoms with van der Waals surface area (Å²) in [7, 11) is 1.94. The summed E-state index contributed by atoms with van der Waals surface area (Å²) in [6, 6.07) is 5.49. The molecule has 0 atom stereocenters. The van der Waals surface area contributed by atoms with Gasteiger partial charge in [-0.1, -0.05) is 32.3 Å². The van der Waals surface area contributed by atoms with Crippen LogP contribution in [0, 0.1) is 5.41 Å². The molecule has 21 heavy (non-hydrogen) atoms. The van der Waals surface area contributed by atoms with Crippen molar-refractivity contribution in [1.29, 1.82) is 0 Å². The molecule has 0 radical (unpaired) electrons. The number of carbonyl (C=O) groups excluding carboxylic acids is 1. The van der Waals surface area contributed by atoms with Crippen LogP contribution in [0.5, 0.6) is 0 Å². The fraction of sp³-hybridized carbons (Fsp3) is 0.267. The molecule has 6 heteroatoms. The highest BCUT2D eigenvalue weighted by Gasteiger charge is 2.23. The first kappa shape index (κ1) is 15.0. The fourth-order valence-corrected chi connectivity index (χ4v) is 1.87. The molecule has 0 bridgehead atoms. The van der Waals surface area contributed by atoms with E-state index < -0.39 is 5.41 Å². The van der Waals surface area contributed by atoms with Crippen LogP contribution in [0.15, 0.2) is 30.6 Å². The number of aromatic nitrogens is 2. The number of rotatable bonds is 2. The Balaban J connectivity index is 2.53. The first-order valence-corrected chi connectivity index (χ1v) is 6.78. The van der Waals surface area contributed by atoms with E-state index in [2.05, 4.69) is 15.3 Å². The molecule has 1 aromatic heterocycles. The van der Waals surface area contributed by atoms with Crippen molar-refractivity contribution in [3.8, 4) is 11.4 Å². The highest BCUT2D eigenvalue weighted by atomic mass is 16.2. The summed E-state index contributed by atoms with van der Waals surface area (Å²) in [5, 5.41) is 2.90. The van der Waals surface area contributed by atoms with Gasteiger partial charge in [-0.15, -0.1) is 0 Å². The number of benzene rings is 1. The summed E-state index contributed by atoms with van der Waals surface area (Å²) >= 11 is 0. The molecule has 1 aromatic carbocycles. The third kappa shape index (κ3) is 3.39. The second kappa shape index (κ2) is 5.56. The third-order valence-electron chi connectivity index (χ3n) is 3.04. The lowest BCUT2D eigenvalue weighted by molar-refractivity contribution is -0.123. The molecule has 0 aliphatic heterocycles. The standard InChI is InChI=1S/C15H19BN4O/c1-15(2,3)14(21)20-12-10(7-9(16)8-11(12)17)13-18-5-4-6-19-13/h4-8H,16-17H2,1-3H3,(H,20,21). The number of hydrogen-bond donors (Lipinski definition) is 2. The van der Waals surface area contributed by atoms with E-state index in [9.17, 15) is 4.79 Å². The van der Waals surface area contributed by atoms with Gasteiger partial charge in [-0.2, -0.15) is 0 Å². The largest absolute Gasteiger partial charge is 0.397 e. The molecule has 0 aliphatic carbocycles. The number of nitrogen functional groups attached to an aromatic ring is 1. The Labute approximate surface area is 125 Å². The molecular weight excluding hydrogens is 263 g/mol. The zero-order valence-corrected chi connectivity index (χ0v) is 12.8. The molecule has 0 aliphatic rings. The van der Waals surface area contributed by atoms with Gasteiger partial charge in [-0.3, -0.25) is 4.79 Å². The first-order valence-electron chi connectivity index (χ1n) is 6.78. The summed E-state index contributed by atoms with van der Waals surface area (Å²) in [5.74, 6) is 0.437. The molecule has 1 heterocycles. The van der Waals surface area contributed by atoms with E-state index >= 15 is 0 Å². The average molecular weight is 282 g/mol. The van der Waals surface area contributed by atoms with Crippen molar-refractivity contribution in [3.63, 3.8) is 0 Å². The number of nitrogens with zero attached hydrogens (tertiary/aromatic N) is 2. The number of amides is 1. The maximum Gasteiger partial charge on any atom is 0.229 e. The Morgan fingerprint density at radius 1 is 1.24 bits per heavy atom. The van der Waals surface area contributed by atoms with E-state index in [4.69, 9.17) is 5.73 Å². The van der Waals surface area contributed by atoms with Crippen LogP contribution in [0.3, 0.4) is 0 Å². The molecule has 1 amide bonds. The van der Waals surface area contributed by atoms with Crippen LogP contribution in [0.4, 0.5) is 11.4 Å². The maximum absolute atomic E-state index is 12.2. The normalized spacial score (nSPS) is 11.2. The molecule has 0 spiro atoms. The minimum atomic E-state index is -0.508. The van der Waals surface area contributed by atoms with Crippen molar-refractivity contribution < 1.29 is 4.79 Å². The van der Waals surface area contributed by atoms with Gasteiger partial charge in [-0.05, 0) is 12.1 Å². The van der Waals surface area contributed by atoms with E-state index in [0.717, 1.165) is 11.0 Å². The monoisotopic (exact) mass is 282 g/mol. The number of nitrogens with two attached hydrogens (primary N) is 1. The van der Waals surface area contributed by atoms with Crippen LogP contribution in [-0.2, 0) is 4.79 Å². The van der Waals surface area contributed by atoms with E-state index in [1.165, 1.54) is 0 Å². The number of anilines is 2. The van der Waals surface area contributed by atoms with Gasteiger partial charge in [0.1, 0.15) is 7.85 Å². The van der Waals surface area contributed by atoms with E-state index in [1.807, 2.05) is 40.8 Å². The Morgan fingerprint density at radius 2 is 1.86 bits per heavy atom. The summed E-state index contributed by atoms with van der Waals surface area (Å²) in [6.07, 6.45) is 3.33. The van der Waals surface area contributed by atoms with E-state index in [0.29, 0.717) is 17.2 Å². The SMILES string of the molecule is Bc1cc(N)c(NC(=O)C(C)(C)C)c(-c2ncccn2)c1. The molecule has 2 aromatic rings. The van der Waals surface area contributed by atoms with Crippen LogP contribution >= 0.6 is 0 Å². The van der Waals surface area contributed by atoms with E-state index in [-0.39, 0.29) is 5.91 Å². The van der Waals surface area contributed by atoms with Crippen molar-refractivity contribution in [2.75, 3.05) is 11.1 Å². The average Bonchev–Trinajstić information content (AvgIpc) is 2.41. The van der Waals surface area contributed by atoms with Gasteiger partial charge >= 0.3 is 0 Å². The van der Waals surface area contributed by atoms with Gasteiger partial charge in [-0.25, -0.2) is 9.97 Å². The van der Waals surface area contributed by atoms with Crippen molar-refractivity contribution in [1.82, 2.24) is 9.97 Å². The second-order valence-electron chi connectivity index (χ2n) is 6.05. The van der Waals surface area contributed by atoms with Crippen molar-refractivity contribution in [2.24, 2.45) is 5.41 Å². The Morgan fingerprint density at radius 3 is 2.43 bits per heavy atom. The fourth-order valence-electron chi connectivity index (χ4n) is 1.87. The minimum absolute atomic E-state index is 0.102. The summed E-state index contributed by atoms with van der Waals surface area (Å²) in [4.78, 5) is 20.7. The molecule has 2 rings (SSSR count). The Hall–Kier alpha value is -2.37. The van der Waals surface area contributed by atoms with Gasteiger partial charge in [0.2, 0.25) is 5.91 Å². The number of hydrogen-bond acceptors (Lipinski definition) is 4. The topological polar surface area (TPSA) is 80.9 Å². The summed E-state index contributed by atoms with van der Waals surface area (Å²) in [5.41, 5.74) is 8.36. The van der Waals surface area contributed by atoms with Crippen molar-refractivity contribution in [2.45, 2.75) is 20.8 Å². The highest BCUT2D eigenvalue weighted by Crippen LogP contribution is 2.31. The van der Waals surface area contributed by atoms with Crippen molar-refractivity contribution in [3.05, 3.63) is 30.6 Å². The molecule has 108 valence electrons. The molecular formula is C15H19BN4O. The van der Waals surface area contributed by atoms with Gasteiger partial charge < -0.3 is 11.1 Å². The van der Waals surface area contributed by atoms with Gasteiger partial charge in [0.25, 0.3) is 0 Å². The predicted molar refractivity (Wildman–Crippen MR) is 88.1 cm³/mol. The molecule has 3 N–H and O–H groups in total. The third-order valence-corrected chi connectivity index (χ3v) is 3.04. The van der Waals surface area contributed by atoms with Gasteiger partial charge in [0.15, 0.2) is 5.82 Å². The smallest absolute Gasteiger partial charge is 0.229 e. The van der Waals surface area contributed by atoms with E-state index in [1.54, 1.807) is 18.5 Å². The lowest BCUT2D eigenvalue weighted by Crippen LogP contribution is -2.28. The quantitative estimate of drug-likeness (QED) is 0.635. The molecule has 0 saturated heterocycles.